The lowest BCUT2D eigenvalue weighted by Crippen LogP contribution is -2.45. The summed E-state index contributed by atoms with van der Waals surface area (Å²) in [5.74, 6) is 0.846. The summed E-state index contributed by atoms with van der Waals surface area (Å²) in [6.07, 6.45) is 0.919. The van der Waals surface area contributed by atoms with E-state index in [4.69, 9.17) is 9.47 Å². The summed E-state index contributed by atoms with van der Waals surface area (Å²) in [7, 11) is 3.13. The van der Waals surface area contributed by atoms with E-state index in [1.165, 1.54) is 0 Å². The fraction of sp³-hybridized carbons (Fsp3) is 0.529. The summed E-state index contributed by atoms with van der Waals surface area (Å²) >= 11 is 0. The molecule has 1 N–H and O–H groups in total. The number of hydrogen-bond acceptors (Lipinski definition) is 4. The zero-order valence-electron chi connectivity index (χ0n) is 13.5. The molecule has 0 aliphatic carbocycles. The minimum absolute atomic E-state index is 0.0113. The summed E-state index contributed by atoms with van der Waals surface area (Å²) < 4.78 is 10.5. The van der Waals surface area contributed by atoms with E-state index in [0.717, 1.165) is 5.56 Å². The largest absolute Gasteiger partial charge is 0.493 e. The van der Waals surface area contributed by atoms with Crippen molar-refractivity contribution in [1.29, 1.82) is 0 Å². The van der Waals surface area contributed by atoms with Crippen LogP contribution in [0.4, 0.5) is 0 Å². The fourth-order valence-electron chi connectivity index (χ4n) is 2.79. The first-order chi connectivity index (χ1) is 10.5. The Morgan fingerprint density at radius 2 is 1.86 bits per heavy atom. The summed E-state index contributed by atoms with van der Waals surface area (Å²) in [4.78, 5) is 24.5. The molecule has 5 nitrogen and oxygen atoms in total. The van der Waals surface area contributed by atoms with Crippen molar-refractivity contribution < 1.29 is 19.1 Å². The second kappa shape index (κ2) is 6.81. The van der Waals surface area contributed by atoms with Crippen molar-refractivity contribution in [3.8, 4) is 11.5 Å². The molecule has 5 heteroatoms. The Hall–Kier alpha value is -2.04. The molecule has 1 aromatic carbocycles. The zero-order chi connectivity index (χ0) is 16.3. The highest BCUT2D eigenvalue weighted by Crippen LogP contribution is 2.33. The van der Waals surface area contributed by atoms with Crippen LogP contribution >= 0.6 is 0 Å². The van der Waals surface area contributed by atoms with Gasteiger partial charge in [-0.3, -0.25) is 9.59 Å². The van der Waals surface area contributed by atoms with E-state index in [0.29, 0.717) is 30.3 Å². The number of Topliss-reactive ketones (excluding diaryl/α,β-unsaturated/α-hetero) is 1. The Bertz CT molecular complexity index is 550. The van der Waals surface area contributed by atoms with E-state index in [1.54, 1.807) is 26.4 Å². The van der Waals surface area contributed by atoms with Gasteiger partial charge in [-0.1, -0.05) is 19.9 Å². The van der Waals surface area contributed by atoms with E-state index in [9.17, 15) is 9.59 Å². The van der Waals surface area contributed by atoms with Gasteiger partial charge in [-0.05, 0) is 30.0 Å². The number of hydrogen-bond donors (Lipinski definition) is 1. The van der Waals surface area contributed by atoms with Crippen LogP contribution in [0, 0.1) is 11.8 Å². The van der Waals surface area contributed by atoms with Crippen LogP contribution in [0.3, 0.4) is 0 Å². The van der Waals surface area contributed by atoms with Gasteiger partial charge in [-0.15, -0.1) is 0 Å². The van der Waals surface area contributed by atoms with E-state index in [2.05, 4.69) is 5.32 Å². The number of amides is 1. The average molecular weight is 305 g/mol. The molecule has 22 heavy (non-hydrogen) atoms. The minimum Gasteiger partial charge on any atom is -0.493 e. The van der Waals surface area contributed by atoms with E-state index < -0.39 is 5.92 Å². The quantitative estimate of drug-likeness (QED) is 0.849. The Balaban J connectivity index is 2.18. The Labute approximate surface area is 131 Å². The smallest absolute Gasteiger partial charge is 0.231 e. The number of nitrogens with one attached hydrogen (secondary N) is 1. The van der Waals surface area contributed by atoms with Crippen LogP contribution in [0.1, 0.15) is 38.3 Å². The molecule has 1 fully saturated rings. The van der Waals surface area contributed by atoms with Gasteiger partial charge in [0.2, 0.25) is 5.91 Å². The predicted molar refractivity (Wildman–Crippen MR) is 83.0 cm³/mol. The molecule has 0 spiro atoms. The highest BCUT2D eigenvalue weighted by molar-refractivity contribution is 6.04. The average Bonchev–Trinajstić information content (AvgIpc) is 2.49. The number of methoxy groups -OCH3 is 2. The summed E-state index contributed by atoms with van der Waals surface area (Å²) in [6, 6.07) is 5.14. The highest BCUT2D eigenvalue weighted by Gasteiger charge is 2.36. The van der Waals surface area contributed by atoms with E-state index in [-0.39, 0.29) is 17.7 Å². The molecule has 0 aromatic heterocycles. The van der Waals surface area contributed by atoms with Gasteiger partial charge in [0.15, 0.2) is 11.5 Å². The van der Waals surface area contributed by atoms with Gasteiger partial charge in [0.05, 0.1) is 26.2 Å². The second-order valence-corrected chi connectivity index (χ2v) is 6.03. The lowest BCUT2D eigenvalue weighted by molar-refractivity contribution is -0.139. The first-order valence-corrected chi connectivity index (χ1v) is 7.51. The normalized spacial score (nSPS) is 21.7. The molecule has 0 radical (unpaired) electrons. The lowest BCUT2D eigenvalue weighted by Gasteiger charge is -2.29. The molecule has 2 unspecified atom stereocenters. The van der Waals surface area contributed by atoms with Crippen molar-refractivity contribution in [1.82, 2.24) is 5.32 Å². The molecule has 120 valence electrons. The third-order valence-electron chi connectivity index (χ3n) is 3.94. The third-order valence-corrected chi connectivity index (χ3v) is 3.94. The molecule has 1 aromatic rings. The van der Waals surface area contributed by atoms with Crippen molar-refractivity contribution in [3.05, 3.63) is 23.8 Å². The van der Waals surface area contributed by atoms with Gasteiger partial charge < -0.3 is 14.8 Å². The van der Waals surface area contributed by atoms with Crippen molar-refractivity contribution in [2.45, 2.75) is 32.7 Å². The number of ketones is 1. The Kier molecular flexibility index (Phi) is 5.06. The zero-order valence-corrected chi connectivity index (χ0v) is 13.5. The monoisotopic (exact) mass is 305 g/mol. The Morgan fingerprint density at radius 3 is 2.41 bits per heavy atom. The molecule has 1 aliphatic rings. The molecule has 2 atom stereocenters. The van der Waals surface area contributed by atoms with Crippen LogP contribution < -0.4 is 14.8 Å². The molecule has 1 heterocycles. The van der Waals surface area contributed by atoms with Gasteiger partial charge in [0.25, 0.3) is 0 Å². The van der Waals surface area contributed by atoms with Gasteiger partial charge in [0, 0.05) is 6.42 Å². The number of benzene rings is 1. The molecule has 1 aliphatic heterocycles. The van der Waals surface area contributed by atoms with Crippen molar-refractivity contribution >= 4 is 11.7 Å². The number of ether oxygens (including phenoxy) is 2. The molecule has 1 amide bonds. The standard InChI is InChI=1S/C17H23NO4/c1-10(2)7-12-14(19)9-13(18-17(12)20)11-5-6-15(21-3)16(8-11)22-4/h5-6,8,10,12-13H,7,9H2,1-4H3,(H,18,20). The fourth-order valence-corrected chi connectivity index (χ4v) is 2.79. The van der Waals surface area contributed by atoms with Crippen molar-refractivity contribution in [3.63, 3.8) is 0 Å². The SMILES string of the molecule is COc1ccc(C2CC(=O)C(CC(C)C)C(=O)N2)cc1OC. The minimum atomic E-state index is -0.517. The topological polar surface area (TPSA) is 64.6 Å². The van der Waals surface area contributed by atoms with Crippen LogP contribution in [0.25, 0.3) is 0 Å². The van der Waals surface area contributed by atoms with Crippen LogP contribution in [0.2, 0.25) is 0 Å². The van der Waals surface area contributed by atoms with Gasteiger partial charge in [-0.2, -0.15) is 0 Å². The van der Waals surface area contributed by atoms with Gasteiger partial charge in [0.1, 0.15) is 5.78 Å². The molecule has 0 saturated carbocycles. The number of carbonyl (C=O) groups excluding carboxylic acids is 2. The van der Waals surface area contributed by atoms with Crippen LogP contribution in [-0.2, 0) is 9.59 Å². The number of carbonyl (C=O) groups is 2. The Morgan fingerprint density at radius 1 is 1.18 bits per heavy atom. The van der Waals surface area contributed by atoms with Gasteiger partial charge >= 0.3 is 0 Å². The predicted octanol–water partition coefficient (Wildman–Crippen LogP) is 2.50. The lowest BCUT2D eigenvalue weighted by atomic mass is 9.84. The van der Waals surface area contributed by atoms with E-state index in [1.807, 2.05) is 19.9 Å². The second-order valence-electron chi connectivity index (χ2n) is 6.03. The van der Waals surface area contributed by atoms with Crippen LogP contribution in [-0.4, -0.2) is 25.9 Å². The summed E-state index contributed by atoms with van der Waals surface area (Å²) in [6.45, 7) is 4.03. The van der Waals surface area contributed by atoms with Crippen molar-refractivity contribution in [2.24, 2.45) is 11.8 Å². The third kappa shape index (κ3) is 3.40. The summed E-state index contributed by atoms with van der Waals surface area (Å²) in [5, 5.41) is 2.95. The maximum absolute atomic E-state index is 12.3. The highest BCUT2D eigenvalue weighted by atomic mass is 16.5. The first kappa shape index (κ1) is 16.3. The van der Waals surface area contributed by atoms with Crippen molar-refractivity contribution in [2.75, 3.05) is 14.2 Å². The molecule has 0 bridgehead atoms. The molecular formula is C17H23NO4. The first-order valence-electron chi connectivity index (χ1n) is 7.51. The number of piperidine rings is 1. The number of rotatable bonds is 5. The maximum Gasteiger partial charge on any atom is 0.231 e. The maximum atomic E-state index is 12.3. The van der Waals surface area contributed by atoms with Gasteiger partial charge in [-0.25, -0.2) is 0 Å². The summed E-state index contributed by atoms with van der Waals surface area (Å²) in [5.41, 5.74) is 0.849. The molecule has 2 rings (SSSR count). The molecule has 1 saturated heterocycles. The van der Waals surface area contributed by atoms with Crippen LogP contribution in [0.15, 0.2) is 18.2 Å². The van der Waals surface area contributed by atoms with E-state index >= 15 is 0 Å². The molecular weight excluding hydrogens is 282 g/mol. The van der Waals surface area contributed by atoms with Crippen LogP contribution in [0.5, 0.6) is 11.5 Å².